The van der Waals surface area contributed by atoms with Crippen LogP contribution in [-0.2, 0) is 9.59 Å². The predicted molar refractivity (Wildman–Crippen MR) is 167 cm³/mol. The molecule has 1 atom stereocenters. The molecule has 1 aliphatic rings. The molecule has 1 heterocycles. The van der Waals surface area contributed by atoms with Crippen molar-refractivity contribution in [2.24, 2.45) is 0 Å². The van der Waals surface area contributed by atoms with Crippen molar-refractivity contribution in [2.45, 2.75) is 156 Å². The van der Waals surface area contributed by atoms with Crippen molar-refractivity contribution in [3.8, 4) is 0 Å². The first-order valence-electron chi connectivity index (χ1n) is 16.2. The first-order chi connectivity index (χ1) is 18.9. The zero-order valence-corrected chi connectivity index (χ0v) is 25.9. The van der Waals surface area contributed by atoms with Crippen molar-refractivity contribution in [3.63, 3.8) is 0 Å². The van der Waals surface area contributed by atoms with E-state index in [1.807, 2.05) is 6.07 Å². The average Bonchev–Trinajstić information content (AvgIpc) is 2.92. The number of likely N-dealkylation sites (tertiary alicyclic amines) is 1. The molecular formula is C34H60N2O3. The van der Waals surface area contributed by atoms with Gasteiger partial charge in [-0.3, -0.25) is 14.5 Å². The second kappa shape index (κ2) is 22.9. The molecule has 0 unspecified atom stereocenters. The number of amides is 1. The van der Waals surface area contributed by atoms with Gasteiger partial charge in [0, 0.05) is 12.1 Å². The van der Waals surface area contributed by atoms with Crippen LogP contribution >= 0.6 is 0 Å². The third-order valence-electron chi connectivity index (χ3n) is 7.94. The lowest BCUT2D eigenvalue weighted by molar-refractivity contribution is -0.137. The maximum Gasteiger partial charge on any atom is 0.303 e. The van der Waals surface area contributed by atoms with Crippen LogP contribution in [-0.4, -0.2) is 41.0 Å². The normalized spacial score (nSPS) is 15.4. The molecule has 1 saturated heterocycles. The van der Waals surface area contributed by atoms with E-state index in [0.29, 0.717) is 6.42 Å². The van der Waals surface area contributed by atoms with E-state index in [0.717, 1.165) is 55.6 Å². The Morgan fingerprint density at radius 1 is 0.795 bits per heavy atom. The number of carboxylic acids is 1. The first kappa shape index (κ1) is 35.1. The molecular weight excluding hydrogens is 484 g/mol. The fourth-order valence-corrected chi connectivity index (χ4v) is 5.43. The van der Waals surface area contributed by atoms with E-state index < -0.39 is 5.97 Å². The number of nitrogens with one attached hydrogen (secondary N) is 1. The van der Waals surface area contributed by atoms with Crippen LogP contribution < -0.4 is 5.32 Å². The van der Waals surface area contributed by atoms with Gasteiger partial charge in [-0.05, 0) is 63.7 Å². The number of nitrogens with zero attached hydrogens (tertiary/aromatic N) is 1. The highest BCUT2D eigenvalue weighted by Gasteiger charge is 2.28. The van der Waals surface area contributed by atoms with Crippen LogP contribution in [0.5, 0.6) is 0 Å². The first-order valence-corrected chi connectivity index (χ1v) is 16.2. The topological polar surface area (TPSA) is 69.6 Å². The van der Waals surface area contributed by atoms with Crippen LogP contribution in [0.25, 0.3) is 0 Å². The number of aliphatic carboxylic acids is 1. The lowest BCUT2D eigenvalue weighted by atomic mass is 10.00. The fourth-order valence-electron chi connectivity index (χ4n) is 5.43. The van der Waals surface area contributed by atoms with Crippen molar-refractivity contribution in [2.75, 3.05) is 18.4 Å². The maximum absolute atomic E-state index is 12.7. The summed E-state index contributed by atoms with van der Waals surface area (Å²) in [6, 6.07) is 6.19. The number of carbonyl (C=O) groups is 2. The van der Waals surface area contributed by atoms with E-state index in [4.69, 9.17) is 5.11 Å². The van der Waals surface area contributed by atoms with E-state index >= 15 is 0 Å². The molecule has 5 nitrogen and oxygen atoms in total. The molecule has 2 N–H and O–H groups in total. The number of aryl methyl sites for hydroxylation is 2. The van der Waals surface area contributed by atoms with Crippen molar-refractivity contribution in [3.05, 3.63) is 29.3 Å². The van der Waals surface area contributed by atoms with Gasteiger partial charge in [0.2, 0.25) is 5.91 Å². The molecule has 1 aliphatic heterocycles. The van der Waals surface area contributed by atoms with Gasteiger partial charge in [-0.25, -0.2) is 0 Å². The van der Waals surface area contributed by atoms with Crippen molar-refractivity contribution in [1.29, 1.82) is 0 Å². The summed E-state index contributed by atoms with van der Waals surface area (Å²) < 4.78 is 0. The van der Waals surface area contributed by atoms with Crippen LogP contribution in [0.2, 0.25) is 0 Å². The molecule has 1 amide bonds. The second-order valence-corrected chi connectivity index (χ2v) is 11.5. The molecule has 0 radical (unpaired) electrons. The molecule has 1 aromatic carbocycles. The Hall–Kier alpha value is -1.88. The van der Waals surface area contributed by atoms with E-state index in [2.05, 4.69) is 50.0 Å². The van der Waals surface area contributed by atoms with Crippen molar-refractivity contribution >= 4 is 17.6 Å². The summed E-state index contributed by atoms with van der Waals surface area (Å²) in [7, 11) is 0. The molecule has 39 heavy (non-hydrogen) atoms. The number of carbonyl (C=O) groups excluding carboxylic acids is 1. The third kappa shape index (κ3) is 16.7. The smallest absolute Gasteiger partial charge is 0.303 e. The minimum Gasteiger partial charge on any atom is -0.481 e. The van der Waals surface area contributed by atoms with E-state index in [9.17, 15) is 9.59 Å². The molecule has 0 aromatic heterocycles. The predicted octanol–water partition coefficient (Wildman–Crippen LogP) is 9.45. The molecule has 0 spiro atoms. The zero-order valence-electron chi connectivity index (χ0n) is 25.9. The van der Waals surface area contributed by atoms with Crippen LogP contribution in [0.15, 0.2) is 18.2 Å². The summed E-state index contributed by atoms with van der Waals surface area (Å²) >= 11 is 0. The van der Waals surface area contributed by atoms with Gasteiger partial charge in [-0.1, -0.05) is 122 Å². The van der Waals surface area contributed by atoms with Crippen LogP contribution in [0.1, 0.15) is 147 Å². The highest BCUT2D eigenvalue weighted by atomic mass is 16.4. The summed E-state index contributed by atoms with van der Waals surface area (Å²) in [5.74, 6) is -0.485. The van der Waals surface area contributed by atoms with E-state index in [-0.39, 0.29) is 11.9 Å². The van der Waals surface area contributed by atoms with Gasteiger partial charge < -0.3 is 10.4 Å². The number of piperidine rings is 1. The van der Waals surface area contributed by atoms with Gasteiger partial charge in [-0.2, -0.15) is 0 Å². The summed E-state index contributed by atoms with van der Waals surface area (Å²) in [6.45, 7) is 10.7. The number of hydrogen-bond acceptors (Lipinski definition) is 3. The monoisotopic (exact) mass is 544 g/mol. The Kier molecular flexibility index (Phi) is 20.6. The number of rotatable bonds is 19. The molecule has 0 aliphatic carbocycles. The van der Waals surface area contributed by atoms with Gasteiger partial charge in [0.15, 0.2) is 0 Å². The van der Waals surface area contributed by atoms with Gasteiger partial charge in [0.1, 0.15) is 0 Å². The third-order valence-corrected chi connectivity index (χ3v) is 7.94. The standard InChI is InChI=1S/C18H28N2O.C16H32O2/c1-4-5-12-20-13-7-6-11-16(20)18(21)19-17-14(2)9-8-10-15(17)3;1-2-3-4-5-6-7-8-9-10-11-12-13-14-15-16(17)18/h8-10,16H,4-7,11-13H2,1-3H3,(H,19,21);2-15H2,1H3,(H,17,18)/t16-;/m0./s1. The zero-order chi connectivity index (χ0) is 28.7. The largest absolute Gasteiger partial charge is 0.481 e. The molecule has 1 fully saturated rings. The second-order valence-electron chi connectivity index (χ2n) is 11.5. The van der Waals surface area contributed by atoms with E-state index in [1.54, 1.807) is 0 Å². The number of para-hydroxylation sites is 1. The number of carboxylic acid groups (broad SMARTS) is 1. The quantitative estimate of drug-likeness (QED) is 0.170. The highest BCUT2D eigenvalue weighted by Crippen LogP contribution is 2.23. The summed E-state index contributed by atoms with van der Waals surface area (Å²) in [5, 5.41) is 11.7. The summed E-state index contributed by atoms with van der Waals surface area (Å²) in [4.78, 5) is 25.4. The number of hydrogen-bond donors (Lipinski definition) is 2. The number of unbranched alkanes of at least 4 members (excludes halogenated alkanes) is 13. The Balaban J connectivity index is 0.000000396. The molecule has 224 valence electrons. The average molecular weight is 545 g/mol. The number of anilines is 1. The lowest BCUT2D eigenvalue weighted by Gasteiger charge is -2.34. The van der Waals surface area contributed by atoms with Crippen LogP contribution in [0, 0.1) is 13.8 Å². The molecule has 2 rings (SSSR count). The Morgan fingerprint density at radius 3 is 1.82 bits per heavy atom. The highest BCUT2D eigenvalue weighted by molar-refractivity contribution is 5.96. The molecule has 1 aromatic rings. The van der Waals surface area contributed by atoms with Gasteiger partial charge >= 0.3 is 5.97 Å². The minimum absolute atomic E-state index is 0.0457. The maximum atomic E-state index is 12.7. The van der Waals surface area contributed by atoms with Gasteiger partial charge in [-0.15, -0.1) is 0 Å². The SMILES string of the molecule is CCCCCCCCCCCCCCCC(=O)O.CCCCN1CCCC[C@H]1C(=O)Nc1c(C)cccc1C. The molecule has 0 saturated carbocycles. The lowest BCUT2D eigenvalue weighted by Crippen LogP contribution is -2.47. The molecule has 5 heteroatoms. The Morgan fingerprint density at radius 2 is 1.31 bits per heavy atom. The fraction of sp³-hybridized carbons (Fsp3) is 0.765. The van der Waals surface area contributed by atoms with Crippen LogP contribution in [0.4, 0.5) is 5.69 Å². The van der Waals surface area contributed by atoms with Crippen molar-refractivity contribution in [1.82, 2.24) is 4.90 Å². The van der Waals surface area contributed by atoms with E-state index in [1.165, 1.54) is 89.9 Å². The minimum atomic E-state index is -0.655. The summed E-state index contributed by atoms with van der Waals surface area (Å²) in [6.07, 6.45) is 23.0. The Bertz CT molecular complexity index is 759. The van der Waals surface area contributed by atoms with Crippen molar-refractivity contribution < 1.29 is 14.7 Å². The summed E-state index contributed by atoms with van der Waals surface area (Å²) in [5.41, 5.74) is 3.27. The Labute approximate surface area is 240 Å². The van der Waals surface area contributed by atoms with Gasteiger partial charge in [0.05, 0.1) is 6.04 Å². The van der Waals surface area contributed by atoms with Crippen LogP contribution in [0.3, 0.4) is 0 Å². The number of benzene rings is 1. The van der Waals surface area contributed by atoms with Gasteiger partial charge in [0.25, 0.3) is 0 Å². The molecule has 0 bridgehead atoms.